The van der Waals surface area contributed by atoms with Gasteiger partial charge in [-0.15, -0.1) is 5.10 Å². The summed E-state index contributed by atoms with van der Waals surface area (Å²) in [6.07, 6.45) is 0. The minimum atomic E-state index is 0.346. The van der Waals surface area contributed by atoms with Crippen molar-refractivity contribution < 1.29 is 28.3 Å². The minimum absolute atomic E-state index is 0.346. The van der Waals surface area contributed by atoms with Gasteiger partial charge in [-0.05, 0) is 45.1 Å². The van der Waals surface area contributed by atoms with E-state index in [0.29, 0.717) is 54.5 Å². The molecule has 154 valence electrons. The van der Waals surface area contributed by atoms with E-state index in [1.165, 1.54) is 4.90 Å². The van der Waals surface area contributed by atoms with Gasteiger partial charge in [0.05, 0.1) is 33.0 Å². The third kappa shape index (κ3) is 4.84. The first kappa shape index (κ1) is 20.6. The van der Waals surface area contributed by atoms with Crippen LogP contribution < -0.4 is 19.1 Å². The molecule has 0 amide bonds. The highest BCUT2D eigenvalue weighted by molar-refractivity contribution is 7.71. The quantitative estimate of drug-likeness (QED) is 0.634. The van der Waals surface area contributed by atoms with E-state index in [2.05, 4.69) is 5.10 Å². The average molecular weight is 411 g/mol. The molecule has 0 atom stereocenters. The number of nitrogens with zero attached hydrogens (tertiary/aromatic N) is 2. The maximum atomic E-state index is 5.78. The second-order valence-corrected chi connectivity index (χ2v) is 6.64. The van der Waals surface area contributed by atoms with E-state index in [0.717, 1.165) is 31.9 Å². The third-order valence-electron chi connectivity index (χ3n) is 4.34. The van der Waals surface area contributed by atoms with Gasteiger partial charge in [0.25, 0.3) is 4.84 Å². The van der Waals surface area contributed by atoms with Gasteiger partial charge in [0.2, 0.25) is 11.6 Å². The van der Waals surface area contributed by atoms with E-state index in [1.54, 1.807) is 4.68 Å². The number of quaternary nitrogens is 1. The molecule has 2 heterocycles. The second kappa shape index (κ2) is 9.90. The van der Waals surface area contributed by atoms with E-state index in [1.807, 2.05) is 32.9 Å². The summed E-state index contributed by atoms with van der Waals surface area (Å²) in [5, 5.41) is 4.58. The summed E-state index contributed by atoms with van der Waals surface area (Å²) in [5.74, 6) is 2.22. The number of benzene rings is 1. The summed E-state index contributed by atoms with van der Waals surface area (Å²) in [7, 11) is 0. The van der Waals surface area contributed by atoms with Crippen LogP contribution in [0.1, 0.15) is 20.8 Å². The van der Waals surface area contributed by atoms with Gasteiger partial charge >= 0.3 is 0 Å². The first-order valence-electron chi connectivity index (χ1n) is 9.72. The van der Waals surface area contributed by atoms with Gasteiger partial charge in [0, 0.05) is 5.56 Å². The van der Waals surface area contributed by atoms with E-state index in [-0.39, 0.29) is 0 Å². The van der Waals surface area contributed by atoms with Crippen molar-refractivity contribution >= 4 is 12.2 Å². The molecule has 1 aliphatic rings. The van der Waals surface area contributed by atoms with Crippen molar-refractivity contribution in [1.82, 2.24) is 9.78 Å². The molecular weight excluding hydrogens is 382 g/mol. The lowest BCUT2D eigenvalue weighted by Crippen LogP contribution is -3.13. The van der Waals surface area contributed by atoms with Crippen molar-refractivity contribution in [3.63, 3.8) is 0 Å². The van der Waals surface area contributed by atoms with Gasteiger partial charge in [-0.25, -0.2) is 0 Å². The molecule has 28 heavy (non-hydrogen) atoms. The van der Waals surface area contributed by atoms with Gasteiger partial charge in [-0.1, -0.05) is 0 Å². The van der Waals surface area contributed by atoms with Crippen LogP contribution in [0.4, 0.5) is 0 Å². The van der Waals surface area contributed by atoms with Crippen molar-refractivity contribution in [3.05, 3.63) is 17.0 Å². The molecule has 3 rings (SSSR count). The largest absolute Gasteiger partial charge is 0.490 e. The summed E-state index contributed by atoms with van der Waals surface area (Å²) < 4.78 is 30.2. The highest BCUT2D eigenvalue weighted by atomic mass is 32.1. The van der Waals surface area contributed by atoms with E-state index >= 15 is 0 Å². The Morgan fingerprint density at radius 1 is 1.04 bits per heavy atom. The fraction of sp³-hybridized carbons (Fsp3) is 0.579. The van der Waals surface area contributed by atoms with Gasteiger partial charge in [-0.2, -0.15) is 4.68 Å². The highest BCUT2D eigenvalue weighted by Crippen LogP contribution is 2.41. The zero-order valence-electron chi connectivity index (χ0n) is 16.7. The molecule has 0 spiro atoms. The Kier molecular flexibility index (Phi) is 7.30. The molecule has 1 fully saturated rings. The van der Waals surface area contributed by atoms with Crippen LogP contribution in [0.25, 0.3) is 11.5 Å². The van der Waals surface area contributed by atoms with Crippen LogP contribution in [0.2, 0.25) is 0 Å². The van der Waals surface area contributed by atoms with Crippen LogP contribution in [0.3, 0.4) is 0 Å². The normalized spacial score (nSPS) is 14.8. The standard InChI is InChI=1S/C19H27N3O5S/c1-4-24-15-11-14(12-16(25-5-2)17(15)26-6-3)18-20-22(19(28)27-18)13-21-7-9-23-10-8-21/h11-12H,4-10,13H2,1-3H3/p+1. The van der Waals surface area contributed by atoms with E-state index in [9.17, 15) is 0 Å². The molecule has 1 N–H and O–H groups in total. The van der Waals surface area contributed by atoms with Crippen LogP contribution >= 0.6 is 12.2 Å². The second-order valence-electron chi connectivity index (χ2n) is 6.29. The Labute approximate surface area is 169 Å². The molecule has 8 nitrogen and oxygen atoms in total. The van der Waals surface area contributed by atoms with Crippen LogP contribution in [0.15, 0.2) is 16.5 Å². The maximum absolute atomic E-state index is 5.78. The summed E-state index contributed by atoms with van der Waals surface area (Å²) in [5.41, 5.74) is 0.734. The number of aromatic nitrogens is 2. The topological polar surface area (TPSA) is 72.3 Å². The minimum Gasteiger partial charge on any atom is -0.490 e. The molecule has 1 saturated heterocycles. The number of rotatable bonds is 9. The Balaban J connectivity index is 1.93. The fourth-order valence-corrected chi connectivity index (χ4v) is 3.25. The number of morpholine rings is 1. The monoisotopic (exact) mass is 410 g/mol. The molecule has 1 aromatic heterocycles. The molecule has 0 unspecified atom stereocenters. The molecular formula is C19H28N3O5S+. The zero-order chi connectivity index (χ0) is 19.9. The lowest BCUT2D eigenvalue weighted by atomic mass is 10.2. The maximum Gasteiger partial charge on any atom is 0.292 e. The number of nitrogens with one attached hydrogen (secondary N) is 1. The van der Waals surface area contributed by atoms with Crippen molar-refractivity contribution in [1.29, 1.82) is 0 Å². The Morgan fingerprint density at radius 3 is 2.21 bits per heavy atom. The Hall–Kier alpha value is -2.10. The molecule has 1 aliphatic heterocycles. The summed E-state index contributed by atoms with van der Waals surface area (Å²) in [6, 6.07) is 3.70. The van der Waals surface area contributed by atoms with Crippen molar-refractivity contribution in [2.75, 3.05) is 46.1 Å². The predicted molar refractivity (Wildman–Crippen MR) is 106 cm³/mol. The van der Waals surface area contributed by atoms with Crippen LogP contribution in [0.5, 0.6) is 17.2 Å². The van der Waals surface area contributed by atoms with Gasteiger partial charge in [-0.3, -0.25) is 0 Å². The molecule has 2 aromatic rings. The van der Waals surface area contributed by atoms with Crippen LogP contribution in [-0.2, 0) is 11.4 Å². The molecule has 0 bridgehead atoms. The molecule has 9 heteroatoms. The van der Waals surface area contributed by atoms with E-state index in [4.69, 9.17) is 35.6 Å². The van der Waals surface area contributed by atoms with Gasteiger partial charge < -0.3 is 28.3 Å². The number of ether oxygens (including phenoxy) is 4. The molecule has 0 aliphatic carbocycles. The summed E-state index contributed by atoms with van der Waals surface area (Å²) in [4.78, 5) is 1.71. The zero-order valence-corrected chi connectivity index (χ0v) is 17.5. The third-order valence-corrected chi connectivity index (χ3v) is 4.63. The van der Waals surface area contributed by atoms with E-state index < -0.39 is 0 Å². The van der Waals surface area contributed by atoms with Crippen LogP contribution in [-0.4, -0.2) is 55.9 Å². The SMILES string of the molecule is CCOc1cc(-c2nn(C[NH+]3CCOCC3)c(=S)o2)cc(OCC)c1OCC. The predicted octanol–water partition coefficient (Wildman–Crippen LogP) is 1.94. The first-order chi connectivity index (χ1) is 13.7. The van der Waals surface area contributed by atoms with Gasteiger partial charge in [0.15, 0.2) is 18.2 Å². The summed E-state index contributed by atoms with van der Waals surface area (Å²) >= 11 is 5.38. The lowest BCUT2D eigenvalue weighted by Gasteiger charge is -2.22. The number of hydrogen-bond acceptors (Lipinski definition) is 7. The Bertz CT molecular complexity index is 802. The molecule has 0 saturated carbocycles. The number of hydrogen-bond donors (Lipinski definition) is 1. The van der Waals surface area contributed by atoms with Crippen LogP contribution in [0, 0.1) is 4.84 Å². The fourth-order valence-electron chi connectivity index (χ4n) is 3.06. The molecule has 0 radical (unpaired) electrons. The van der Waals surface area contributed by atoms with Crippen molar-refractivity contribution in [2.24, 2.45) is 0 Å². The lowest BCUT2D eigenvalue weighted by molar-refractivity contribution is -0.931. The summed E-state index contributed by atoms with van der Waals surface area (Å²) in [6.45, 7) is 11.3. The van der Waals surface area contributed by atoms with Crippen molar-refractivity contribution in [3.8, 4) is 28.7 Å². The molecule has 1 aromatic carbocycles. The highest BCUT2D eigenvalue weighted by Gasteiger charge is 2.20. The Morgan fingerprint density at radius 2 is 1.64 bits per heavy atom. The smallest absolute Gasteiger partial charge is 0.292 e. The van der Waals surface area contributed by atoms with Crippen molar-refractivity contribution in [2.45, 2.75) is 27.4 Å². The van der Waals surface area contributed by atoms with Gasteiger partial charge in [0.1, 0.15) is 13.1 Å². The first-order valence-corrected chi connectivity index (χ1v) is 10.1. The average Bonchev–Trinajstić information content (AvgIpc) is 3.06.